The zero-order chi connectivity index (χ0) is 23.6. The van der Waals surface area contributed by atoms with Crippen LogP contribution in [0.25, 0.3) is 12.2 Å². The maximum absolute atomic E-state index is 11.9. The van der Waals surface area contributed by atoms with Crippen LogP contribution in [0.4, 0.5) is 16.2 Å². The number of hydrogen-bond donors (Lipinski definition) is 4. The van der Waals surface area contributed by atoms with E-state index in [9.17, 15) is 30.7 Å². The maximum Gasteiger partial charge on any atom is 0.412 e. The summed E-state index contributed by atoms with van der Waals surface area (Å²) in [6, 6.07) is 7.44. The topological polar surface area (TPSA) is 173 Å². The van der Waals surface area contributed by atoms with E-state index in [0.29, 0.717) is 0 Å². The van der Waals surface area contributed by atoms with Gasteiger partial charge >= 0.3 is 6.09 Å². The van der Waals surface area contributed by atoms with Crippen LogP contribution < -0.4 is 11.1 Å². The minimum absolute atomic E-state index is 0.00430. The molecule has 0 atom stereocenters. The summed E-state index contributed by atoms with van der Waals surface area (Å²) in [4.78, 5) is 10.9. The van der Waals surface area contributed by atoms with Gasteiger partial charge in [-0.2, -0.15) is 16.8 Å². The van der Waals surface area contributed by atoms with Crippen LogP contribution in [0, 0.1) is 0 Å². The lowest BCUT2D eigenvalue weighted by Gasteiger charge is -2.19. The fourth-order valence-electron chi connectivity index (χ4n) is 2.49. The minimum Gasteiger partial charge on any atom is -0.444 e. The van der Waals surface area contributed by atoms with Crippen LogP contribution in [0.15, 0.2) is 46.2 Å². The molecule has 0 bridgehead atoms. The van der Waals surface area contributed by atoms with Crippen LogP contribution in [0.1, 0.15) is 31.9 Å². The van der Waals surface area contributed by atoms with E-state index in [1.807, 2.05) is 0 Å². The van der Waals surface area contributed by atoms with E-state index < -0.39 is 41.7 Å². The van der Waals surface area contributed by atoms with Crippen molar-refractivity contribution in [3.05, 3.63) is 47.5 Å². The number of rotatable bonds is 5. The molecule has 0 unspecified atom stereocenters. The van der Waals surface area contributed by atoms with Crippen molar-refractivity contribution in [2.45, 2.75) is 36.2 Å². The molecule has 31 heavy (non-hydrogen) atoms. The van der Waals surface area contributed by atoms with Crippen LogP contribution in [0.2, 0.25) is 0 Å². The van der Waals surface area contributed by atoms with Crippen molar-refractivity contribution in [1.29, 1.82) is 0 Å². The summed E-state index contributed by atoms with van der Waals surface area (Å²) < 4.78 is 70.8. The molecular weight excluding hydrogens is 448 g/mol. The highest BCUT2D eigenvalue weighted by Crippen LogP contribution is 2.26. The molecule has 0 radical (unpaired) electrons. The minimum atomic E-state index is -4.71. The largest absolute Gasteiger partial charge is 0.444 e. The highest BCUT2D eigenvalue weighted by molar-refractivity contribution is 7.86. The van der Waals surface area contributed by atoms with Gasteiger partial charge in [-0.3, -0.25) is 14.4 Å². The molecule has 0 saturated heterocycles. The van der Waals surface area contributed by atoms with Crippen molar-refractivity contribution in [2.75, 3.05) is 11.1 Å². The van der Waals surface area contributed by atoms with E-state index in [1.165, 1.54) is 36.4 Å². The van der Waals surface area contributed by atoms with Crippen molar-refractivity contribution >= 4 is 49.9 Å². The maximum atomic E-state index is 11.9. The Labute approximate surface area is 180 Å². The van der Waals surface area contributed by atoms with Crippen LogP contribution >= 0.6 is 0 Å². The molecule has 0 aromatic heterocycles. The number of nitrogens with one attached hydrogen (secondary N) is 1. The van der Waals surface area contributed by atoms with Crippen LogP contribution in [-0.4, -0.2) is 37.6 Å². The number of hydrogen-bond acceptors (Lipinski definition) is 7. The molecule has 2 aromatic carbocycles. The molecule has 0 fully saturated rings. The second kappa shape index (κ2) is 8.67. The molecule has 5 N–H and O–H groups in total. The van der Waals surface area contributed by atoms with Gasteiger partial charge in [0.1, 0.15) is 15.4 Å². The third-order valence-corrected chi connectivity index (χ3v) is 5.51. The van der Waals surface area contributed by atoms with E-state index in [-0.39, 0.29) is 22.5 Å². The lowest BCUT2D eigenvalue weighted by atomic mass is 10.1. The number of carbonyl (C=O) groups excluding carboxylic acids is 1. The summed E-state index contributed by atoms with van der Waals surface area (Å²) in [6.07, 6.45) is 1.63. The molecule has 0 aliphatic rings. The third kappa shape index (κ3) is 7.07. The van der Waals surface area contributed by atoms with E-state index >= 15 is 0 Å². The first kappa shape index (κ1) is 24.3. The number of benzene rings is 2. The summed E-state index contributed by atoms with van der Waals surface area (Å²) in [5.41, 5.74) is 4.95. The second-order valence-electron chi connectivity index (χ2n) is 7.46. The molecule has 1 amide bonds. The van der Waals surface area contributed by atoms with E-state index in [0.717, 1.165) is 12.1 Å². The van der Waals surface area contributed by atoms with Gasteiger partial charge in [-0.15, -0.1) is 0 Å². The molecule has 0 spiro atoms. The summed E-state index contributed by atoms with van der Waals surface area (Å²) in [5.74, 6) is 0. The Morgan fingerprint density at radius 3 is 1.90 bits per heavy atom. The number of ether oxygens (including phenoxy) is 1. The summed E-state index contributed by atoms with van der Waals surface area (Å²) >= 11 is 0. The average molecular weight is 471 g/mol. The zero-order valence-electron chi connectivity index (χ0n) is 16.9. The molecule has 10 nitrogen and oxygen atoms in total. The van der Waals surface area contributed by atoms with Crippen molar-refractivity contribution in [3.63, 3.8) is 0 Å². The quantitative estimate of drug-likeness (QED) is 0.290. The number of amides is 1. The normalized spacial score (nSPS) is 12.7. The van der Waals surface area contributed by atoms with Gasteiger partial charge in [0.2, 0.25) is 0 Å². The van der Waals surface area contributed by atoms with Gasteiger partial charge in [-0.05, 0) is 56.2 Å². The first-order valence-corrected chi connectivity index (χ1v) is 11.6. The highest BCUT2D eigenvalue weighted by Gasteiger charge is 2.19. The monoisotopic (exact) mass is 470 g/mol. The molecule has 0 aliphatic carbocycles. The molecule has 168 valence electrons. The molecule has 12 heteroatoms. The fraction of sp³-hybridized carbons (Fsp3) is 0.211. The van der Waals surface area contributed by atoms with Gasteiger partial charge in [-0.1, -0.05) is 24.3 Å². The van der Waals surface area contributed by atoms with E-state index in [1.54, 1.807) is 20.8 Å². The number of nitrogen functional groups attached to an aromatic ring is 1. The van der Waals surface area contributed by atoms with Crippen LogP contribution in [-0.2, 0) is 25.0 Å². The summed E-state index contributed by atoms with van der Waals surface area (Å²) in [5, 5.41) is 2.36. The number of anilines is 2. The van der Waals surface area contributed by atoms with Gasteiger partial charge < -0.3 is 10.5 Å². The molecule has 0 heterocycles. The second-order valence-corrected chi connectivity index (χ2v) is 10.2. The Hall–Kier alpha value is -2.93. The summed E-state index contributed by atoms with van der Waals surface area (Å²) in [6.45, 7) is 4.96. The van der Waals surface area contributed by atoms with Gasteiger partial charge in [0.05, 0.1) is 0 Å². The van der Waals surface area contributed by atoms with Crippen LogP contribution in [0.5, 0.6) is 0 Å². The average Bonchev–Trinajstić information content (AvgIpc) is 2.58. The van der Waals surface area contributed by atoms with Gasteiger partial charge in [0.25, 0.3) is 20.2 Å². The molecule has 2 rings (SSSR count). The number of carbonyl (C=O) groups is 1. The van der Waals surface area contributed by atoms with Crippen molar-refractivity contribution in [2.24, 2.45) is 0 Å². The zero-order valence-corrected chi connectivity index (χ0v) is 18.5. The standard InChI is InChI=1S/C19H22N2O8S2/c1-19(2,3)29-18(22)21-15-9-7-13(17(11-15)31(26,27)28)5-4-12-6-8-14(20)10-16(12)30(23,24)25/h4-11H,20H2,1-3H3,(H,21,22)(H,23,24,25)(H,26,27,28). The number of nitrogens with two attached hydrogens (primary N) is 1. The summed E-state index contributed by atoms with van der Waals surface area (Å²) in [7, 11) is -9.30. The SMILES string of the molecule is CC(C)(C)OC(=O)Nc1ccc(C=Cc2ccc(N)cc2S(=O)(=O)O)c(S(=O)(=O)O)c1. The Kier molecular flexibility index (Phi) is 6.81. The van der Waals surface area contributed by atoms with E-state index in [4.69, 9.17) is 10.5 Å². The molecule has 0 saturated carbocycles. The van der Waals surface area contributed by atoms with E-state index in [2.05, 4.69) is 5.32 Å². The predicted octanol–water partition coefficient (Wildman–Crippen LogP) is 3.28. The lowest BCUT2D eigenvalue weighted by Crippen LogP contribution is -2.27. The third-order valence-electron chi connectivity index (χ3n) is 3.69. The molecule has 0 aliphatic heterocycles. The van der Waals surface area contributed by atoms with Gasteiger partial charge in [0, 0.05) is 11.4 Å². The predicted molar refractivity (Wildman–Crippen MR) is 116 cm³/mol. The Balaban J connectivity index is 2.46. The fourth-order valence-corrected chi connectivity index (χ4v) is 3.92. The van der Waals surface area contributed by atoms with Crippen molar-refractivity contribution in [1.82, 2.24) is 0 Å². The lowest BCUT2D eigenvalue weighted by molar-refractivity contribution is 0.0636. The highest BCUT2D eigenvalue weighted by atomic mass is 32.2. The van der Waals surface area contributed by atoms with Gasteiger partial charge in [0.15, 0.2) is 0 Å². The Bertz CT molecular complexity index is 1240. The van der Waals surface area contributed by atoms with Crippen molar-refractivity contribution in [3.8, 4) is 0 Å². The smallest absolute Gasteiger partial charge is 0.412 e. The van der Waals surface area contributed by atoms with Crippen molar-refractivity contribution < 1.29 is 35.5 Å². The Morgan fingerprint density at radius 2 is 1.42 bits per heavy atom. The first-order valence-electron chi connectivity index (χ1n) is 8.73. The van der Waals surface area contributed by atoms with Crippen LogP contribution in [0.3, 0.4) is 0 Å². The Morgan fingerprint density at radius 1 is 0.935 bits per heavy atom. The molecular formula is C19H22N2O8S2. The first-order chi connectivity index (χ1) is 14.1. The molecule has 2 aromatic rings. The van der Waals surface area contributed by atoms with Gasteiger partial charge in [-0.25, -0.2) is 4.79 Å².